The third-order valence-electron chi connectivity index (χ3n) is 5.92. The van der Waals surface area contributed by atoms with Crippen LogP contribution in [0.15, 0.2) is 70.3 Å². The van der Waals surface area contributed by atoms with E-state index in [-0.39, 0.29) is 23.4 Å². The monoisotopic (exact) mass is 483 g/mol. The highest BCUT2D eigenvalue weighted by Crippen LogP contribution is 2.29. The molecule has 0 saturated heterocycles. The van der Waals surface area contributed by atoms with Crippen molar-refractivity contribution in [2.75, 3.05) is 18.4 Å². The molecule has 0 radical (unpaired) electrons. The number of hydrogen-bond donors (Lipinski definition) is 2. The predicted molar refractivity (Wildman–Crippen MR) is 133 cm³/mol. The van der Waals surface area contributed by atoms with Crippen LogP contribution in [0.2, 0.25) is 0 Å². The molecule has 6 nitrogen and oxygen atoms in total. The Morgan fingerprint density at radius 1 is 1.09 bits per heavy atom. The van der Waals surface area contributed by atoms with Gasteiger partial charge in [0.05, 0.1) is 4.90 Å². The van der Waals surface area contributed by atoms with Gasteiger partial charge in [-0.1, -0.05) is 31.2 Å². The first-order chi connectivity index (χ1) is 16.0. The van der Waals surface area contributed by atoms with E-state index in [4.69, 9.17) is 0 Å². The van der Waals surface area contributed by atoms with Crippen LogP contribution in [0, 0.1) is 0 Å². The number of carbonyl (C=O) groups is 1. The number of hydrogen-bond acceptors (Lipinski definition) is 5. The topological polar surface area (TPSA) is 78.5 Å². The van der Waals surface area contributed by atoms with Crippen LogP contribution in [0.25, 0.3) is 0 Å². The number of rotatable bonds is 9. The van der Waals surface area contributed by atoms with Crippen LogP contribution in [0.4, 0.5) is 5.69 Å². The number of carbonyl (C=O) groups excluding carboxylic acids is 1. The number of fused-ring (bicyclic) bond motifs is 1. The van der Waals surface area contributed by atoms with Crippen molar-refractivity contribution in [1.82, 2.24) is 9.62 Å². The average Bonchev–Trinajstić information content (AvgIpc) is 3.34. The zero-order valence-electron chi connectivity index (χ0n) is 18.7. The van der Waals surface area contributed by atoms with Gasteiger partial charge < -0.3 is 5.32 Å². The van der Waals surface area contributed by atoms with Gasteiger partial charge >= 0.3 is 0 Å². The fraction of sp³-hybridized carbons (Fsp3) is 0.320. The van der Waals surface area contributed by atoms with E-state index >= 15 is 0 Å². The fourth-order valence-corrected chi connectivity index (χ4v) is 5.89. The molecule has 1 aromatic heterocycles. The molecule has 174 valence electrons. The minimum absolute atomic E-state index is 0.0491. The lowest BCUT2D eigenvalue weighted by molar-refractivity contribution is -0.116. The van der Waals surface area contributed by atoms with Gasteiger partial charge in [-0.3, -0.25) is 9.69 Å². The van der Waals surface area contributed by atoms with Gasteiger partial charge in [0, 0.05) is 37.8 Å². The van der Waals surface area contributed by atoms with Crippen LogP contribution in [0.3, 0.4) is 0 Å². The van der Waals surface area contributed by atoms with E-state index in [2.05, 4.69) is 50.7 Å². The number of nitrogens with one attached hydrogen (secondary N) is 2. The maximum Gasteiger partial charge on any atom is 0.240 e. The van der Waals surface area contributed by atoms with Gasteiger partial charge in [0.2, 0.25) is 15.9 Å². The Kier molecular flexibility index (Phi) is 7.60. The van der Waals surface area contributed by atoms with Crippen LogP contribution in [0.1, 0.15) is 42.5 Å². The first-order valence-electron chi connectivity index (χ1n) is 11.2. The molecule has 4 rings (SSSR count). The Labute approximate surface area is 199 Å². The molecule has 0 bridgehead atoms. The Hall–Kier alpha value is -2.52. The molecule has 1 atom stereocenters. The SMILES string of the molecule is CCCC(=O)Nc1ccc(S(=O)(=O)NCC(c2ccsc2)N2CCc3ccccc3C2)cc1. The van der Waals surface area contributed by atoms with Gasteiger partial charge in [-0.05, 0) is 70.6 Å². The van der Waals surface area contributed by atoms with Crippen molar-refractivity contribution in [1.29, 1.82) is 0 Å². The molecule has 0 fully saturated rings. The van der Waals surface area contributed by atoms with Crippen molar-refractivity contribution in [2.24, 2.45) is 0 Å². The maximum absolute atomic E-state index is 13.0. The van der Waals surface area contributed by atoms with Crippen molar-refractivity contribution < 1.29 is 13.2 Å². The van der Waals surface area contributed by atoms with Crippen LogP contribution >= 0.6 is 11.3 Å². The second-order valence-electron chi connectivity index (χ2n) is 8.24. The number of sulfonamides is 1. The van der Waals surface area contributed by atoms with Crippen LogP contribution < -0.4 is 10.0 Å². The molecule has 1 amide bonds. The summed E-state index contributed by atoms with van der Waals surface area (Å²) in [7, 11) is -3.69. The summed E-state index contributed by atoms with van der Waals surface area (Å²) in [5.74, 6) is -0.0760. The highest BCUT2D eigenvalue weighted by Gasteiger charge is 2.27. The first-order valence-corrected chi connectivity index (χ1v) is 13.6. The van der Waals surface area contributed by atoms with Gasteiger partial charge in [-0.2, -0.15) is 11.3 Å². The molecule has 1 aliphatic rings. The summed E-state index contributed by atoms with van der Waals surface area (Å²) in [4.78, 5) is 14.3. The Morgan fingerprint density at radius 2 is 1.85 bits per heavy atom. The number of benzene rings is 2. The van der Waals surface area contributed by atoms with E-state index in [1.807, 2.05) is 12.3 Å². The molecular weight excluding hydrogens is 454 g/mol. The Balaban J connectivity index is 1.46. The summed E-state index contributed by atoms with van der Waals surface area (Å²) in [6, 6.07) is 16.8. The van der Waals surface area contributed by atoms with E-state index in [1.165, 1.54) is 23.3 Å². The van der Waals surface area contributed by atoms with E-state index in [9.17, 15) is 13.2 Å². The third kappa shape index (κ3) is 5.89. The molecular formula is C25H29N3O3S2. The number of anilines is 1. The van der Waals surface area contributed by atoms with Crippen LogP contribution in [-0.2, 0) is 27.8 Å². The van der Waals surface area contributed by atoms with Gasteiger partial charge in [0.1, 0.15) is 0 Å². The molecule has 2 N–H and O–H groups in total. The normalized spacial score (nSPS) is 15.1. The molecule has 8 heteroatoms. The standard InChI is InChI=1S/C25H29N3O3S2/c1-2-5-25(29)27-22-8-10-23(11-9-22)33(30,31)26-16-24(21-13-15-32-18-21)28-14-12-19-6-3-4-7-20(19)17-28/h3-4,6-11,13,15,18,24,26H,2,5,12,14,16-17H2,1H3,(H,27,29). The second kappa shape index (κ2) is 10.6. The zero-order valence-corrected chi connectivity index (χ0v) is 20.3. The smallest absolute Gasteiger partial charge is 0.240 e. The summed E-state index contributed by atoms with van der Waals surface area (Å²) in [5.41, 5.74) is 4.38. The first kappa shape index (κ1) is 23.6. The lowest BCUT2D eigenvalue weighted by Gasteiger charge is -2.35. The van der Waals surface area contributed by atoms with Crippen LogP contribution in [0.5, 0.6) is 0 Å². The molecule has 1 unspecified atom stereocenters. The van der Waals surface area contributed by atoms with Crippen molar-refractivity contribution in [2.45, 2.75) is 43.7 Å². The highest BCUT2D eigenvalue weighted by atomic mass is 32.2. The van der Waals surface area contributed by atoms with Gasteiger partial charge in [-0.25, -0.2) is 13.1 Å². The van der Waals surface area contributed by atoms with Gasteiger partial charge in [0.25, 0.3) is 0 Å². The van der Waals surface area contributed by atoms with E-state index in [0.29, 0.717) is 12.1 Å². The summed E-state index contributed by atoms with van der Waals surface area (Å²) in [5, 5.41) is 6.90. The lowest BCUT2D eigenvalue weighted by atomic mass is 9.97. The predicted octanol–water partition coefficient (Wildman–Crippen LogP) is 4.56. The quantitative estimate of drug-likeness (QED) is 0.468. The summed E-state index contributed by atoms with van der Waals surface area (Å²) in [6.07, 6.45) is 2.15. The van der Waals surface area contributed by atoms with Crippen molar-refractivity contribution >= 4 is 33.0 Å². The molecule has 0 saturated carbocycles. The van der Waals surface area contributed by atoms with Crippen molar-refractivity contribution in [3.8, 4) is 0 Å². The van der Waals surface area contributed by atoms with Gasteiger partial charge in [-0.15, -0.1) is 0 Å². The molecule has 3 aromatic rings. The fourth-order valence-electron chi connectivity index (χ4n) is 4.15. The Morgan fingerprint density at radius 3 is 2.55 bits per heavy atom. The van der Waals surface area contributed by atoms with E-state index in [0.717, 1.165) is 31.5 Å². The number of thiophene rings is 1. The number of amides is 1. The second-order valence-corrected chi connectivity index (χ2v) is 10.8. The minimum atomic E-state index is -3.69. The summed E-state index contributed by atoms with van der Waals surface area (Å²) >= 11 is 1.62. The minimum Gasteiger partial charge on any atom is -0.326 e. The van der Waals surface area contributed by atoms with Crippen molar-refractivity contribution in [3.05, 3.63) is 82.0 Å². The summed E-state index contributed by atoms with van der Waals surface area (Å²) < 4.78 is 28.8. The van der Waals surface area contributed by atoms with Crippen LogP contribution in [-0.4, -0.2) is 32.3 Å². The largest absolute Gasteiger partial charge is 0.326 e. The Bertz CT molecular complexity index is 1180. The van der Waals surface area contributed by atoms with Gasteiger partial charge in [0.15, 0.2) is 0 Å². The molecule has 33 heavy (non-hydrogen) atoms. The maximum atomic E-state index is 13.0. The molecule has 0 spiro atoms. The summed E-state index contributed by atoms with van der Waals surface area (Å²) in [6.45, 7) is 3.90. The molecule has 0 aliphatic carbocycles. The average molecular weight is 484 g/mol. The van der Waals surface area contributed by atoms with E-state index < -0.39 is 10.0 Å². The van der Waals surface area contributed by atoms with Crippen molar-refractivity contribution in [3.63, 3.8) is 0 Å². The number of nitrogens with zero attached hydrogens (tertiary/aromatic N) is 1. The zero-order chi connectivity index (χ0) is 23.3. The molecule has 1 aliphatic heterocycles. The highest BCUT2D eigenvalue weighted by molar-refractivity contribution is 7.89. The van der Waals surface area contributed by atoms with E-state index in [1.54, 1.807) is 23.5 Å². The third-order valence-corrected chi connectivity index (χ3v) is 8.06. The lowest BCUT2D eigenvalue weighted by Crippen LogP contribution is -2.40. The molecule has 2 heterocycles. The molecule has 2 aromatic carbocycles.